The van der Waals surface area contributed by atoms with Gasteiger partial charge in [0.1, 0.15) is 0 Å². The lowest BCUT2D eigenvalue weighted by Crippen LogP contribution is -2.52. The molecule has 1 aromatic rings. The maximum absolute atomic E-state index is 12.0. The maximum Gasteiger partial charge on any atom is 0.234 e. The van der Waals surface area contributed by atoms with Crippen LogP contribution in [0.25, 0.3) is 0 Å². The van der Waals surface area contributed by atoms with E-state index in [-0.39, 0.29) is 5.91 Å². The van der Waals surface area contributed by atoms with Crippen LogP contribution in [-0.2, 0) is 11.3 Å². The van der Waals surface area contributed by atoms with Crippen molar-refractivity contribution < 1.29 is 4.79 Å². The second kappa shape index (κ2) is 7.35. The third-order valence-corrected chi connectivity index (χ3v) is 5.24. The highest BCUT2D eigenvalue weighted by atomic mass is 32.1. The van der Waals surface area contributed by atoms with Crippen LogP contribution in [0.15, 0.2) is 17.5 Å². The lowest BCUT2D eigenvalue weighted by atomic mass is 10.2. The van der Waals surface area contributed by atoms with Gasteiger partial charge in [-0.05, 0) is 24.4 Å². The molecule has 0 spiro atoms. The normalized spacial score (nSPS) is 24.3. The van der Waals surface area contributed by atoms with Gasteiger partial charge in [0.2, 0.25) is 5.91 Å². The fourth-order valence-corrected chi connectivity index (χ4v) is 3.74. The molecule has 6 heteroatoms. The van der Waals surface area contributed by atoms with Crippen molar-refractivity contribution in [2.24, 2.45) is 0 Å². The molecule has 3 rings (SSSR count). The van der Waals surface area contributed by atoms with Gasteiger partial charge in [-0.2, -0.15) is 0 Å². The lowest BCUT2D eigenvalue weighted by Gasteiger charge is -2.37. The minimum Gasteiger partial charge on any atom is -0.350 e. The Labute approximate surface area is 130 Å². The van der Waals surface area contributed by atoms with E-state index in [2.05, 4.69) is 26.5 Å². The highest BCUT2D eigenvalue weighted by Crippen LogP contribution is 2.12. The monoisotopic (exact) mass is 308 g/mol. The minimum absolute atomic E-state index is 0.138. The summed E-state index contributed by atoms with van der Waals surface area (Å²) in [6.07, 6.45) is 1.27. The van der Waals surface area contributed by atoms with Crippen LogP contribution in [-0.4, -0.2) is 67.6 Å². The Morgan fingerprint density at radius 2 is 2.24 bits per heavy atom. The van der Waals surface area contributed by atoms with Crippen molar-refractivity contribution in [3.8, 4) is 0 Å². The molecule has 0 bridgehead atoms. The third kappa shape index (κ3) is 4.26. The Hall–Kier alpha value is -0.950. The summed E-state index contributed by atoms with van der Waals surface area (Å²) in [7, 11) is 0. The van der Waals surface area contributed by atoms with Crippen LogP contribution in [0.3, 0.4) is 0 Å². The zero-order valence-electron chi connectivity index (χ0n) is 12.4. The van der Waals surface area contributed by atoms with Gasteiger partial charge in [0.15, 0.2) is 0 Å². The van der Waals surface area contributed by atoms with Gasteiger partial charge < -0.3 is 10.6 Å². The Morgan fingerprint density at radius 1 is 1.38 bits per heavy atom. The van der Waals surface area contributed by atoms with Gasteiger partial charge in [0, 0.05) is 43.6 Å². The molecule has 2 N–H and O–H groups in total. The number of hydrogen-bond donors (Lipinski definition) is 2. The number of carbonyl (C=O) groups excluding carboxylic acids is 1. The van der Waals surface area contributed by atoms with Crippen molar-refractivity contribution in [1.82, 2.24) is 20.4 Å². The second-order valence-corrected chi connectivity index (χ2v) is 6.85. The predicted octanol–water partition coefficient (Wildman–Crippen LogP) is 0.344. The predicted molar refractivity (Wildman–Crippen MR) is 85.5 cm³/mol. The van der Waals surface area contributed by atoms with E-state index >= 15 is 0 Å². The summed E-state index contributed by atoms with van der Waals surface area (Å²) in [4.78, 5) is 18.0. The van der Waals surface area contributed by atoms with Gasteiger partial charge in [0.25, 0.3) is 0 Å². The van der Waals surface area contributed by atoms with Crippen LogP contribution >= 0.6 is 11.3 Å². The standard InChI is InChI=1S/C15H24N4OS/c20-15(17-11-14-2-1-9-21-14)12-18-5-7-19(8-6-18)13-3-4-16-10-13/h1-2,9,13,16H,3-8,10-12H2,(H,17,20). The average molecular weight is 308 g/mol. The molecule has 1 aromatic heterocycles. The first-order valence-corrected chi connectivity index (χ1v) is 8.65. The van der Waals surface area contributed by atoms with Crippen LogP contribution < -0.4 is 10.6 Å². The van der Waals surface area contributed by atoms with E-state index in [0.29, 0.717) is 19.1 Å². The lowest BCUT2D eigenvalue weighted by molar-refractivity contribution is -0.122. The molecule has 2 fully saturated rings. The molecule has 1 atom stereocenters. The quantitative estimate of drug-likeness (QED) is 0.824. The molecule has 2 aliphatic heterocycles. The fourth-order valence-electron chi connectivity index (χ4n) is 3.10. The first-order chi connectivity index (χ1) is 10.3. The Morgan fingerprint density at radius 3 is 2.90 bits per heavy atom. The van der Waals surface area contributed by atoms with E-state index in [1.807, 2.05) is 11.4 Å². The van der Waals surface area contributed by atoms with Crippen LogP contribution in [0.5, 0.6) is 0 Å². The van der Waals surface area contributed by atoms with Crippen molar-refractivity contribution in [1.29, 1.82) is 0 Å². The highest BCUT2D eigenvalue weighted by Gasteiger charge is 2.26. The van der Waals surface area contributed by atoms with Crippen LogP contribution in [0.2, 0.25) is 0 Å². The molecule has 116 valence electrons. The molecule has 0 saturated carbocycles. The SMILES string of the molecule is O=C(CN1CCN(C2CCNC2)CC1)NCc1cccs1. The summed E-state index contributed by atoms with van der Waals surface area (Å²) in [6.45, 7) is 7.64. The number of nitrogens with zero attached hydrogens (tertiary/aromatic N) is 2. The smallest absolute Gasteiger partial charge is 0.234 e. The second-order valence-electron chi connectivity index (χ2n) is 5.81. The summed E-state index contributed by atoms with van der Waals surface area (Å²) < 4.78 is 0. The molecule has 3 heterocycles. The summed E-state index contributed by atoms with van der Waals surface area (Å²) in [6, 6.07) is 4.78. The minimum atomic E-state index is 0.138. The molecule has 21 heavy (non-hydrogen) atoms. The number of hydrogen-bond acceptors (Lipinski definition) is 5. The van der Waals surface area contributed by atoms with Crippen molar-refractivity contribution >= 4 is 17.2 Å². The molecule has 0 aliphatic carbocycles. The van der Waals surface area contributed by atoms with E-state index in [1.54, 1.807) is 11.3 Å². The van der Waals surface area contributed by atoms with Crippen LogP contribution in [0, 0.1) is 0 Å². The summed E-state index contributed by atoms with van der Waals surface area (Å²) in [5, 5.41) is 8.47. The molecule has 1 amide bonds. The van der Waals surface area contributed by atoms with Crippen molar-refractivity contribution in [3.63, 3.8) is 0 Å². The van der Waals surface area contributed by atoms with Gasteiger partial charge in [-0.3, -0.25) is 14.6 Å². The summed E-state index contributed by atoms with van der Waals surface area (Å²) in [5.41, 5.74) is 0. The zero-order chi connectivity index (χ0) is 14.5. The van der Waals surface area contributed by atoms with Crippen molar-refractivity contribution in [3.05, 3.63) is 22.4 Å². The molecule has 5 nitrogen and oxygen atoms in total. The molecule has 2 saturated heterocycles. The van der Waals surface area contributed by atoms with Gasteiger partial charge >= 0.3 is 0 Å². The Kier molecular flexibility index (Phi) is 5.24. The molecule has 2 aliphatic rings. The van der Waals surface area contributed by atoms with Gasteiger partial charge in [-0.25, -0.2) is 0 Å². The molecular weight excluding hydrogens is 284 g/mol. The van der Waals surface area contributed by atoms with Gasteiger partial charge in [0.05, 0.1) is 13.1 Å². The average Bonchev–Trinajstić information content (AvgIpc) is 3.19. The number of nitrogens with one attached hydrogen (secondary N) is 2. The van der Waals surface area contributed by atoms with Gasteiger partial charge in [-0.1, -0.05) is 6.07 Å². The number of amides is 1. The first-order valence-electron chi connectivity index (χ1n) is 7.77. The third-order valence-electron chi connectivity index (χ3n) is 4.36. The topological polar surface area (TPSA) is 47.6 Å². The number of carbonyl (C=O) groups is 1. The zero-order valence-corrected chi connectivity index (χ0v) is 13.2. The maximum atomic E-state index is 12.0. The number of thiophene rings is 1. The number of piperazine rings is 1. The van der Waals surface area contributed by atoms with E-state index in [0.717, 1.165) is 39.3 Å². The molecular formula is C15H24N4OS. The highest BCUT2D eigenvalue weighted by molar-refractivity contribution is 7.09. The van der Waals surface area contributed by atoms with E-state index in [4.69, 9.17) is 0 Å². The fraction of sp³-hybridized carbons (Fsp3) is 0.667. The molecule has 0 radical (unpaired) electrons. The van der Waals surface area contributed by atoms with Crippen LogP contribution in [0.4, 0.5) is 0 Å². The Bertz CT molecular complexity index is 437. The first kappa shape index (κ1) is 15.0. The van der Waals surface area contributed by atoms with Crippen molar-refractivity contribution in [2.75, 3.05) is 45.8 Å². The van der Waals surface area contributed by atoms with E-state index < -0.39 is 0 Å². The van der Waals surface area contributed by atoms with Crippen LogP contribution in [0.1, 0.15) is 11.3 Å². The van der Waals surface area contributed by atoms with Crippen molar-refractivity contribution in [2.45, 2.75) is 19.0 Å². The largest absolute Gasteiger partial charge is 0.350 e. The van der Waals surface area contributed by atoms with Gasteiger partial charge in [-0.15, -0.1) is 11.3 Å². The molecule has 1 unspecified atom stereocenters. The Balaban J connectivity index is 1.35. The summed E-state index contributed by atoms with van der Waals surface area (Å²) in [5.74, 6) is 0.138. The summed E-state index contributed by atoms with van der Waals surface area (Å²) >= 11 is 1.68. The molecule has 0 aromatic carbocycles. The number of rotatable bonds is 5. The van der Waals surface area contributed by atoms with E-state index in [1.165, 1.54) is 11.3 Å². The van der Waals surface area contributed by atoms with E-state index in [9.17, 15) is 4.79 Å².